The first-order chi connectivity index (χ1) is 6.06. The molecule has 0 unspecified atom stereocenters. The second kappa shape index (κ2) is 3.96. The van der Waals surface area contributed by atoms with E-state index in [9.17, 15) is 13.2 Å². The van der Waals surface area contributed by atoms with Crippen LogP contribution in [-0.2, 0) is 5.88 Å². The Kier molecular flexibility index (Phi) is 3.14. The van der Waals surface area contributed by atoms with Crippen LogP contribution in [0, 0.1) is 12.7 Å². The number of rotatable bonds is 2. The summed E-state index contributed by atoms with van der Waals surface area (Å²) in [4.78, 5) is 3.40. The van der Waals surface area contributed by atoms with Crippen molar-refractivity contribution in [2.24, 2.45) is 0 Å². The summed E-state index contributed by atoms with van der Waals surface area (Å²) in [5.74, 6) is -0.742. The van der Waals surface area contributed by atoms with E-state index in [0.29, 0.717) is 0 Å². The van der Waals surface area contributed by atoms with Crippen LogP contribution in [0.4, 0.5) is 13.2 Å². The molecular weight excluding hydrogens is 203 g/mol. The number of pyridine rings is 1. The van der Waals surface area contributed by atoms with E-state index in [2.05, 4.69) is 4.98 Å². The normalized spacial score (nSPS) is 10.9. The van der Waals surface area contributed by atoms with Crippen molar-refractivity contribution in [2.45, 2.75) is 19.2 Å². The van der Waals surface area contributed by atoms with Crippen molar-refractivity contribution in [3.8, 4) is 0 Å². The number of nitrogens with zero attached hydrogens (tertiary/aromatic N) is 1. The van der Waals surface area contributed by atoms with Gasteiger partial charge in [0, 0.05) is 5.56 Å². The summed E-state index contributed by atoms with van der Waals surface area (Å²) in [5.41, 5.74) is -0.424. The predicted octanol–water partition coefficient (Wildman–Crippen LogP) is 3.21. The molecule has 0 amide bonds. The van der Waals surface area contributed by atoms with Crippen molar-refractivity contribution < 1.29 is 13.2 Å². The van der Waals surface area contributed by atoms with E-state index in [1.54, 1.807) is 0 Å². The van der Waals surface area contributed by atoms with E-state index in [4.69, 9.17) is 11.6 Å². The van der Waals surface area contributed by atoms with E-state index in [1.165, 1.54) is 6.92 Å². The van der Waals surface area contributed by atoms with Gasteiger partial charge in [-0.1, -0.05) is 0 Å². The molecule has 1 rings (SSSR count). The minimum atomic E-state index is -2.69. The molecule has 1 aromatic heterocycles. The van der Waals surface area contributed by atoms with E-state index in [0.717, 1.165) is 6.07 Å². The molecule has 0 saturated heterocycles. The molecule has 0 aliphatic carbocycles. The molecule has 1 nitrogen and oxygen atoms in total. The van der Waals surface area contributed by atoms with Crippen LogP contribution in [0.3, 0.4) is 0 Å². The molecular formula is C8H7ClF3N. The average molecular weight is 210 g/mol. The van der Waals surface area contributed by atoms with Gasteiger partial charge >= 0.3 is 0 Å². The fourth-order valence-electron chi connectivity index (χ4n) is 0.958. The smallest absolute Gasteiger partial charge is 0.249 e. The van der Waals surface area contributed by atoms with E-state index in [1.807, 2.05) is 0 Å². The number of hydrogen-bond acceptors (Lipinski definition) is 1. The molecule has 0 saturated carbocycles. The van der Waals surface area contributed by atoms with Crippen LogP contribution < -0.4 is 0 Å². The Hall–Kier alpha value is -0.770. The first-order valence-electron chi connectivity index (χ1n) is 3.56. The highest BCUT2D eigenvalue weighted by atomic mass is 35.5. The fourth-order valence-corrected chi connectivity index (χ4v) is 1.15. The third-order valence-electron chi connectivity index (χ3n) is 1.59. The van der Waals surface area contributed by atoms with Crippen LogP contribution in [-0.4, -0.2) is 4.98 Å². The fraction of sp³-hybridized carbons (Fsp3) is 0.375. The molecule has 0 radical (unpaired) electrons. The van der Waals surface area contributed by atoms with Gasteiger partial charge in [-0.05, 0) is 13.0 Å². The molecule has 1 aromatic rings. The number of alkyl halides is 3. The maximum absolute atomic E-state index is 13.1. The summed E-state index contributed by atoms with van der Waals surface area (Å²) in [6.45, 7) is 1.33. The van der Waals surface area contributed by atoms with Gasteiger partial charge in [-0.3, -0.25) is 0 Å². The zero-order valence-electron chi connectivity index (χ0n) is 6.82. The van der Waals surface area contributed by atoms with Crippen LogP contribution in [0.15, 0.2) is 6.07 Å². The Morgan fingerprint density at radius 3 is 2.62 bits per heavy atom. The maximum Gasteiger partial charge on any atom is 0.280 e. The number of aryl methyl sites for hydroxylation is 1. The zero-order chi connectivity index (χ0) is 10.0. The Morgan fingerprint density at radius 2 is 2.15 bits per heavy atom. The lowest BCUT2D eigenvalue weighted by Crippen LogP contribution is -2.00. The third-order valence-corrected chi connectivity index (χ3v) is 1.87. The molecule has 0 atom stereocenters. The van der Waals surface area contributed by atoms with Gasteiger partial charge in [-0.25, -0.2) is 18.2 Å². The molecule has 0 spiro atoms. The Bertz CT molecular complexity index is 315. The Morgan fingerprint density at radius 1 is 1.54 bits per heavy atom. The second-order valence-corrected chi connectivity index (χ2v) is 2.81. The largest absolute Gasteiger partial charge is 0.280 e. The predicted molar refractivity (Wildman–Crippen MR) is 43.4 cm³/mol. The van der Waals surface area contributed by atoms with Crippen LogP contribution in [0.2, 0.25) is 0 Å². The molecule has 0 aliphatic rings. The monoisotopic (exact) mass is 209 g/mol. The van der Waals surface area contributed by atoms with Crippen molar-refractivity contribution in [1.82, 2.24) is 4.98 Å². The van der Waals surface area contributed by atoms with Gasteiger partial charge in [-0.2, -0.15) is 0 Å². The summed E-state index contributed by atoms with van der Waals surface area (Å²) in [5, 5.41) is 0. The summed E-state index contributed by atoms with van der Waals surface area (Å²) in [7, 11) is 0. The lowest BCUT2D eigenvalue weighted by Gasteiger charge is -2.05. The van der Waals surface area contributed by atoms with Gasteiger partial charge < -0.3 is 0 Å². The minimum Gasteiger partial charge on any atom is -0.249 e. The highest BCUT2D eigenvalue weighted by molar-refractivity contribution is 6.17. The summed E-state index contributed by atoms with van der Waals surface area (Å²) in [6.07, 6.45) is -2.69. The number of aromatic nitrogens is 1. The average Bonchev–Trinajstić information content (AvgIpc) is 2.09. The lowest BCUT2D eigenvalue weighted by molar-refractivity contribution is 0.145. The number of halogens is 4. The highest BCUT2D eigenvalue weighted by Gasteiger charge is 2.14. The van der Waals surface area contributed by atoms with Crippen molar-refractivity contribution >= 4 is 11.6 Å². The first-order valence-corrected chi connectivity index (χ1v) is 4.09. The Balaban J connectivity index is 3.22. The van der Waals surface area contributed by atoms with Crippen molar-refractivity contribution in [2.75, 3.05) is 0 Å². The minimum absolute atomic E-state index is 0.0477. The van der Waals surface area contributed by atoms with Gasteiger partial charge in [0.05, 0.1) is 11.6 Å². The van der Waals surface area contributed by atoms with Crippen LogP contribution in [0.25, 0.3) is 0 Å². The van der Waals surface area contributed by atoms with Crippen molar-refractivity contribution in [3.63, 3.8) is 0 Å². The topological polar surface area (TPSA) is 12.9 Å². The molecule has 0 bridgehead atoms. The summed E-state index contributed by atoms with van der Waals surface area (Å²) in [6, 6.07) is 0.986. The molecule has 5 heteroatoms. The molecule has 0 aliphatic heterocycles. The lowest BCUT2D eigenvalue weighted by atomic mass is 10.2. The first kappa shape index (κ1) is 10.3. The van der Waals surface area contributed by atoms with Crippen LogP contribution in [0.5, 0.6) is 0 Å². The van der Waals surface area contributed by atoms with Gasteiger partial charge in [0.1, 0.15) is 11.5 Å². The Labute approximate surface area is 78.5 Å². The van der Waals surface area contributed by atoms with Crippen molar-refractivity contribution in [3.05, 3.63) is 28.8 Å². The van der Waals surface area contributed by atoms with E-state index in [-0.39, 0.29) is 17.1 Å². The SMILES string of the molecule is Cc1nc(C(F)F)cc(CCl)c1F. The highest BCUT2D eigenvalue weighted by Crippen LogP contribution is 2.21. The quantitative estimate of drug-likeness (QED) is 0.682. The third kappa shape index (κ3) is 2.12. The molecule has 0 N–H and O–H groups in total. The van der Waals surface area contributed by atoms with Crippen LogP contribution >= 0.6 is 11.6 Å². The van der Waals surface area contributed by atoms with Gasteiger partial charge in [0.25, 0.3) is 6.43 Å². The standard InChI is InChI=1S/C8H7ClF3N/c1-4-7(10)5(3-9)2-6(13-4)8(11)12/h2,8H,3H2,1H3. The molecule has 0 aromatic carbocycles. The molecule has 13 heavy (non-hydrogen) atoms. The van der Waals surface area contributed by atoms with Crippen LogP contribution in [0.1, 0.15) is 23.4 Å². The molecule has 72 valence electrons. The van der Waals surface area contributed by atoms with Crippen molar-refractivity contribution in [1.29, 1.82) is 0 Å². The molecule has 0 fully saturated rings. The van der Waals surface area contributed by atoms with Gasteiger partial charge in [-0.15, -0.1) is 11.6 Å². The molecule has 1 heterocycles. The number of hydrogen-bond donors (Lipinski definition) is 0. The second-order valence-electron chi connectivity index (χ2n) is 2.54. The van der Waals surface area contributed by atoms with E-state index < -0.39 is 17.9 Å². The maximum atomic E-state index is 13.1. The zero-order valence-corrected chi connectivity index (χ0v) is 7.58. The summed E-state index contributed by atoms with van der Waals surface area (Å²) < 4.78 is 37.4. The van der Waals surface area contributed by atoms with Gasteiger partial charge in [0.15, 0.2) is 0 Å². The van der Waals surface area contributed by atoms with Gasteiger partial charge in [0.2, 0.25) is 0 Å². The summed E-state index contributed by atoms with van der Waals surface area (Å²) >= 11 is 5.37. The van der Waals surface area contributed by atoms with E-state index >= 15 is 0 Å².